The second-order valence-electron chi connectivity index (χ2n) is 5.33. The van der Waals surface area contributed by atoms with Crippen molar-refractivity contribution in [1.29, 1.82) is 0 Å². The number of carbonyl (C=O) groups is 1. The molecule has 1 fully saturated rings. The minimum Gasteiger partial charge on any atom is -0.329 e. The number of hydrogen-bond acceptors (Lipinski definition) is 2. The average molecular weight is 306 g/mol. The summed E-state index contributed by atoms with van der Waals surface area (Å²) in [6.07, 6.45) is -8.70. The molecule has 0 aromatic rings. The number of amides is 1. The quantitative estimate of drug-likeness (QED) is 0.811. The lowest BCUT2D eigenvalue weighted by Crippen LogP contribution is -2.64. The molecular formula is C11H16F6N2O. The molecule has 118 valence electrons. The molecule has 3 nitrogen and oxygen atoms in total. The molecule has 2 N–H and O–H groups in total. The topological polar surface area (TPSA) is 46.3 Å². The van der Waals surface area contributed by atoms with Gasteiger partial charge in [0.2, 0.25) is 0 Å². The molecule has 9 heteroatoms. The van der Waals surface area contributed by atoms with Gasteiger partial charge in [-0.05, 0) is 32.6 Å². The SMILES string of the molecule is CC(C1CC1)N(CC(F)(F)F)C(=O)C(C)(N)C(F)(F)F. The van der Waals surface area contributed by atoms with E-state index in [2.05, 4.69) is 0 Å². The molecule has 2 unspecified atom stereocenters. The second-order valence-corrected chi connectivity index (χ2v) is 5.33. The van der Waals surface area contributed by atoms with Gasteiger partial charge in [0.1, 0.15) is 6.54 Å². The van der Waals surface area contributed by atoms with Crippen molar-refractivity contribution in [3.63, 3.8) is 0 Å². The van der Waals surface area contributed by atoms with Crippen LogP contribution in [0.2, 0.25) is 0 Å². The van der Waals surface area contributed by atoms with Crippen LogP contribution in [-0.4, -0.2) is 41.3 Å². The Kier molecular flexibility index (Phi) is 4.34. The Morgan fingerprint density at radius 2 is 1.70 bits per heavy atom. The highest BCUT2D eigenvalue weighted by molar-refractivity contribution is 5.87. The molecule has 0 saturated heterocycles. The highest BCUT2D eigenvalue weighted by Gasteiger charge is 2.57. The lowest BCUT2D eigenvalue weighted by Gasteiger charge is -2.37. The van der Waals surface area contributed by atoms with Crippen molar-refractivity contribution >= 4 is 5.91 Å². The van der Waals surface area contributed by atoms with Crippen LogP contribution in [0.3, 0.4) is 0 Å². The third kappa shape index (κ3) is 3.77. The molecule has 0 radical (unpaired) electrons. The van der Waals surface area contributed by atoms with Crippen LogP contribution in [0.15, 0.2) is 0 Å². The van der Waals surface area contributed by atoms with Crippen LogP contribution in [0.1, 0.15) is 26.7 Å². The minimum absolute atomic E-state index is 0.200. The fraction of sp³-hybridized carbons (Fsp3) is 0.909. The van der Waals surface area contributed by atoms with Crippen LogP contribution in [0.25, 0.3) is 0 Å². The standard InChI is InChI=1S/C11H16F6N2O/c1-6(7-3-4-7)19(5-10(12,13)14)8(20)9(2,18)11(15,16)17/h6-7H,3-5,18H2,1-2H3. The molecule has 2 atom stereocenters. The third-order valence-electron chi connectivity index (χ3n) is 3.44. The van der Waals surface area contributed by atoms with Gasteiger partial charge in [-0.2, -0.15) is 26.3 Å². The summed E-state index contributed by atoms with van der Waals surface area (Å²) in [4.78, 5) is 12.0. The monoisotopic (exact) mass is 306 g/mol. The highest BCUT2D eigenvalue weighted by atomic mass is 19.4. The third-order valence-corrected chi connectivity index (χ3v) is 3.44. The number of rotatable bonds is 4. The fourth-order valence-corrected chi connectivity index (χ4v) is 1.85. The fourth-order valence-electron chi connectivity index (χ4n) is 1.85. The second kappa shape index (κ2) is 5.09. The van der Waals surface area contributed by atoms with E-state index in [1.807, 2.05) is 0 Å². The highest BCUT2D eigenvalue weighted by Crippen LogP contribution is 2.38. The molecule has 0 aromatic heterocycles. The maximum atomic E-state index is 12.7. The van der Waals surface area contributed by atoms with Crippen molar-refractivity contribution in [2.75, 3.05) is 6.54 Å². The smallest absolute Gasteiger partial charge is 0.329 e. The van der Waals surface area contributed by atoms with Crippen LogP contribution >= 0.6 is 0 Å². The van der Waals surface area contributed by atoms with Gasteiger partial charge in [-0.1, -0.05) is 0 Å². The van der Waals surface area contributed by atoms with E-state index in [1.165, 1.54) is 6.92 Å². The summed E-state index contributed by atoms with van der Waals surface area (Å²) >= 11 is 0. The average Bonchev–Trinajstić information content (AvgIpc) is 3.04. The largest absolute Gasteiger partial charge is 0.415 e. The maximum absolute atomic E-state index is 12.7. The number of alkyl halides is 6. The van der Waals surface area contributed by atoms with Crippen molar-refractivity contribution in [2.45, 2.75) is 50.6 Å². The molecule has 0 aromatic carbocycles. The van der Waals surface area contributed by atoms with Crippen molar-refractivity contribution in [2.24, 2.45) is 11.7 Å². The Morgan fingerprint density at radius 1 is 1.25 bits per heavy atom. The molecule has 0 bridgehead atoms. The first-order valence-corrected chi connectivity index (χ1v) is 6.01. The van der Waals surface area contributed by atoms with Gasteiger partial charge in [0.15, 0.2) is 5.54 Å². The van der Waals surface area contributed by atoms with Gasteiger partial charge in [0.25, 0.3) is 5.91 Å². The van der Waals surface area contributed by atoms with E-state index >= 15 is 0 Å². The molecule has 0 heterocycles. The zero-order valence-corrected chi connectivity index (χ0v) is 11.0. The molecule has 1 saturated carbocycles. The predicted molar refractivity (Wildman–Crippen MR) is 58.6 cm³/mol. The Balaban J connectivity index is 3.00. The summed E-state index contributed by atoms with van der Waals surface area (Å²) in [7, 11) is 0. The molecule has 1 aliphatic carbocycles. The van der Waals surface area contributed by atoms with E-state index in [0.717, 1.165) is 0 Å². The van der Waals surface area contributed by atoms with Crippen LogP contribution in [-0.2, 0) is 4.79 Å². The molecule has 1 aliphatic rings. The lowest BCUT2D eigenvalue weighted by molar-refractivity contribution is -0.203. The van der Waals surface area contributed by atoms with Crippen molar-refractivity contribution < 1.29 is 31.1 Å². The first-order chi connectivity index (χ1) is 8.77. The van der Waals surface area contributed by atoms with Crippen LogP contribution in [0, 0.1) is 5.92 Å². The van der Waals surface area contributed by atoms with E-state index < -0.39 is 36.4 Å². The number of hydrogen-bond donors (Lipinski definition) is 1. The van der Waals surface area contributed by atoms with E-state index in [1.54, 1.807) is 0 Å². The van der Waals surface area contributed by atoms with Gasteiger partial charge in [-0.25, -0.2) is 0 Å². The summed E-state index contributed by atoms with van der Waals surface area (Å²) in [5.41, 5.74) is 1.60. The van der Waals surface area contributed by atoms with E-state index in [9.17, 15) is 31.1 Å². The number of nitrogens with two attached hydrogens (primary N) is 1. The summed E-state index contributed by atoms with van der Waals surface area (Å²) in [5, 5.41) is 0. The zero-order chi connectivity index (χ0) is 15.9. The maximum Gasteiger partial charge on any atom is 0.415 e. The first kappa shape index (κ1) is 17.1. The molecule has 1 rings (SSSR count). The van der Waals surface area contributed by atoms with Crippen LogP contribution < -0.4 is 5.73 Å². The molecule has 1 amide bonds. The summed E-state index contributed by atoms with van der Waals surface area (Å²) in [6.45, 7) is -0.0293. The molecule has 20 heavy (non-hydrogen) atoms. The Morgan fingerprint density at radius 3 is 2.00 bits per heavy atom. The predicted octanol–water partition coefficient (Wildman–Crippen LogP) is 2.46. The van der Waals surface area contributed by atoms with Gasteiger partial charge < -0.3 is 10.6 Å². The van der Waals surface area contributed by atoms with E-state index in [0.29, 0.717) is 19.8 Å². The normalized spacial score (nSPS) is 21.2. The lowest BCUT2D eigenvalue weighted by atomic mass is 9.99. The van der Waals surface area contributed by atoms with Crippen molar-refractivity contribution in [1.82, 2.24) is 4.90 Å². The van der Waals surface area contributed by atoms with Crippen molar-refractivity contribution in [3.05, 3.63) is 0 Å². The van der Waals surface area contributed by atoms with Crippen molar-refractivity contribution in [3.8, 4) is 0 Å². The minimum atomic E-state index is -5.11. The summed E-state index contributed by atoms with van der Waals surface area (Å²) < 4.78 is 75.5. The van der Waals surface area contributed by atoms with Gasteiger partial charge in [-0.3, -0.25) is 4.79 Å². The zero-order valence-electron chi connectivity index (χ0n) is 11.0. The Hall–Kier alpha value is -0.990. The Labute approximate surface area is 112 Å². The summed E-state index contributed by atoms with van der Waals surface area (Å²) in [5.74, 6) is -1.95. The molecule has 0 spiro atoms. The van der Waals surface area contributed by atoms with Gasteiger partial charge in [0.05, 0.1) is 0 Å². The molecule has 0 aliphatic heterocycles. The van der Waals surface area contributed by atoms with Crippen LogP contribution in [0.4, 0.5) is 26.3 Å². The number of halogens is 6. The molecular weight excluding hydrogens is 290 g/mol. The first-order valence-electron chi connectivity index (χ1n) is 6.01. The van der Waals surface area contributed by atoms with E-state index in [-0.39, 0.29) is 10.8 Å². The van der Waals surface area contributed by atoms with E-state index in [4.69, 9.17) is 5.73 Å². The van der Waals surface area contributed by atoms with Crippen LogP contribution in [0.5, 0.6) is 0 Å². The van der Waals surface area contributed by atoms with Gasteiger partial charge in [-0.15, -0.1) is 0 Å². The number of nitrogens with zero attached hydrogens (tertiary/aromatic N) is 1. The summed E-state index contributed by atoms with van der Waals surface area (Å²) in [6, 6.07) is -0.922. The number of carbonyl (C=O) groups excluding carboxylic acids is 1. The van der Waals surface area contributed by atoms with Gasteiger partial charge >= 0.3 is 12.4 Å². The Bertz CT molecular complexity index is 372. The van der Waals surface area contributed by atoms with Gasteiger partial charge in [0, 0.05) is 6.04 Å².